The molecule has 8 heteroatoms. The number of hydrogen-bond donors (Lipinski definition) is 0. The summed E-state index contributed by atoms with van der Waals surface area (Å²) in [5, 5.41) is 3.13. The van der Waals surface area contributed by atoms with Crippen LogP contribution in [-0.2, 0) is 9.53 Å². The average Bonchev–Trinajstić information content (AvgIpc) is 3.35. The summed E-state index contributed by atoms with van der Waals surface area (Å²) in [6.07, 6.45) is 1.78. The van der Waals surface area contributed by atoms with Gasteiger partial charge in [-0.05, 0) is 35.5 Å². The van der Waals surface area contributed by atoms with Crippen LogP contribution in [0.3, 0.4) is 0 Å². The van der Waals surface area contributed by atoms with E-state index in [9.17, 15) is 9.59 Å². The first-order valence-corrected chi connectivity index (χ1v) is 10.7. The molecular weight excluding hydrogens is 418 g/mol. The second-order valence-electron chi connectivity index (χ2n) is 6.36. The molecule has 2 heterocycles. The molecule has 1 aromatic heterocycles. The lowest BCUT2D eigenvalue weighted by molar-refractivity contribution is -0.121. The highest BCUT2D eigenvalue weighted by molar-refractivity contribution is 8.18. The van der Waals surface area contributed by atoms with Crippen molar-refractivity contribution in [1.82, 2.24) is 9.88 Å². The quantitative estimate of drug-likeness (QED) is 0.434. The molecule has 0 atom stereocenters. The number of thioether (sulfide) groups is 1. The van der Waals surface area contributed by atoms with Crippen LogP contribution in [0.4, 0.5) is 5.13 Å². The lowest BCUT2D eigenvalue weighted by Gasteiger charge is -2.05. The van der Waals surface area contributed by atoms with Crippen molar-refractivity contribution >= 4 is 51.4 Å². The molecular formula is C22H17N3O3S2. The Hall–Kier alpha value is -3.23. The van der Waals surface area contributed by atoms with E-state index in [2.05, 4.69) is 9.98 Å². The fraction of sp³-hybridized carbons (Fsp3) is 0.0909. The SMILES string of the molecule is COC(=O)c1ccc(/C=C2\S/C(=N/c3nc(-c4ccccc4)cs3)N(C)C2=O)cc1. The van der Waals surface area contributed by atoms with Crippen molar-refractivity contribution in [2.45, 2.75) is 0 Å². The van der Waals surface area contributed by atoms with Gasteiger partial charge in [0.15, 0.2) is 5.17 Å². The zero-order chi connectivity index (χ0) is 21.1. The van der Waals surface area contributed by atoms with Crippen molar-refractivity contribution < 1.29 is 14.3 Å². The van der Waals surface area contributed by atoms with E-state index in [1.807, 2.05) is 35.7 Å². The normalized spacial score (nSPS) is 16.5. The monoisotopic (exact) mass is 435 g/mol. The highest BCUT2D eigenvalue weighted by Gasteiger charge is 2.30. The fourth-order valence-corrected chi connectivity index (χ4v) is 4.50. The largest absolute Gasteiger partial charge is 0.465 e. The molecule has 1 aliphatic rings. The van der Waals surface area contributed by atoms with Crippen LogP contribution in [0.5, 0.6) is 0 Å². The second-order valence-corrected chi connectivity index (χ2v) is 8.21. The number of esters is 1. The van der Waals surface area contributed by atoms with Crippen LogP contribution in [0.2, 0.25) is 0 Å². The van der Waals surface area contributed by atoms with Crippen molar-refractivity contribution in [2.75, 3.05) is 14.2 Å². The standard InChI is InChI=1S/C22H17N3O3S2/c1-25-19(26)18(12-14-8-10-16(11-9-14)20(27)28-2)30-22(25)24-21-23-17(13-29-21)15-6-4-3-5-7-15/h3-13H,1-2H3/b18-12-,24-22+. The van der Waals surface area contributed by atoms with Gasteiger partial charge >= 0.3 is 5.97 Å². The third-order valence-corrected chi connectivity index (χ3v) is 6.18. The van der Waals surface area contributed by atoms with Gasteiger partial charge in [-0.15, -0.1) is 11.3 Å². The minimum atomic E-state index is -0.395. The Morgan fingerprint density at radius 1 is 1.13 bits per heavy atom. The van der Waals surface area contributed by atoms with Gasteiger partial charge in [-0.1, -0.05) is 42.5 Å². The number of benzene rings is 2. The van der Waals surface area contributed by atoms with Gasteiger partial charge in [-0.2, -0.15) is 4.99 Å². The molecule has 1 amide bonds. The number of nitrogens with zero attached hydrogens (tertiary/aromatic N) is 3. The molecule has 4 rings (SSSR count). The van der Waals surface area contributed by atoms with Gasteiger partial charge in [0.25, 0.3) is 5.91 Å². The molecule has 0 unspecified atom stereocenters. The number of rotatable bonds is 4. The highest BCUT2D eigenvalue weighted by atomic mass is 32.2. The molecule has 0 aliphatic carbocycles. The number of thiazole rings is 1. The Labute approximate surface area is 181 Å². The number of carbonyl (C=O) groups excluding carboxylic acids is 2. The Kier molecular flexibility index (Phi) is 5.78. The summed E-state index contributed by atoms with van der Waals surface area (Å²) in [5.74, 6) is -0.524. The Morgan fingerprint density at radius 2 is 1.87 bits per heavy atom. The van der Waals surface area contributed by atoms with Crippen molar-refractivity contribution in [2.24, 2.45) is 4.99 Å². The van der Waals surface area contributed by atoms with E-state index in [1.54, 1.807) is 37.4 Å². The van der Waals surface area contributed by atoms with Gasteiger partial charge in [-0.3, -0.25) is 9.69 Å². The van der Waals surface area contributed by atoms with Gasteiger partial charge in [0.2, 0.25) is 5.13 Å². The number of carbonyl (C=O) groups is 2. The number of ether oxygens (including phenoxy) is 1. The minimum absolute atomic E-state index is 0.129. The maximum Gasteiger partial charge on any atom is 0.337 e. The molecule has 3 aromatic rings. The van der Waals surface area contributed by atoms with Crippen LogP contribution in [0.15, 0.2) is 69.9 Å². The predicted octanol–water partition coefficient (Wildman–Crippen LogP) is 4.83. The van der Waals surface area contributed by atoms with Crippen molar-refractivity contribution in [1.29, 1.82) is 0 Å². The molecule has 150 valence electrons. The van der Waals surface area contributed by atoms with Crippen LogP contribution in [0.1, 0.15) is 15.9 Å². The lowest BCUT2D eigenvalue weighted by Crippen LogP contribution is -2.23. The second kappa shape index (κ2) is 8.64. The van der Waals surface area contributed by atoms with E-state index in [-0.39, 0.29) is 5.91 Å². The number of amidine groups is 1. The van der Waals surface area contributed by atoms with E-state index >= 15 is 0 Å². The molecule has 1 aliphatic heterocycles. The number of amides is 1. The summed E-state index contributed by atoms with van der Waals surface area (Å²) in [7, 11) is 3.04. The van der Waals surface area contributed by atoms with Crippen LogP contribution in [0.25, 0.3) is 17.3 Å². The molecule has 1 saturated heterocycles. The van der Waals surface area contributed by atoms with Gasteiger partial charge < -0.3 is 4.74 Å². The number of methoxy groups -OCH3 is 1. The summed E-state index contributed by atoms with van der Waals surface area (Å²) in [6.45, 7) is 0. The lowest BCUT2D eigenvalue weighted by atomic mass is 10.1. The number of aliphatic imine (C=N–C) groups is 1. The van der Waals surface area contributed by atoms with Gasteiger partial charge in [0, 0.05) is 18.0 Å². The van der Waals surface area contributed by atoms with Crippen molar-refractivity contribution in [3.63, 3.8) is 0 Å². The summed E-state index contributed by atoms with van der Waals surface area (Å²) in [5.41, 5.74) is 3.16. The molecule has 0 spiro atoms. The Balaban J connectivity index is 1.54. The molecule has 30 heavy (non-hydrogen) atoms. The van der Waals surface area contributed by atoms with E-state index < -0.39 is 5.97 Å². The van der Waals surface area contributed by atoms with Crippen molar-refractivity contribution in [3.05, 3.63) is 76.0 Å². The Morgan fingerprint density at radius 3 is 2.57 bits per heavy atom. The van der Waals surface area contributed by atoms with Crippen LogP contribution in [-0.4, -0.2) is 41.1 Å². The minimum Gasteiger partial charge on any atom is -0.465 e. The Bertz CT molecular complexity index is 1150. The zero-order valence-corrected chi connectivity index (χ0v) is 17.9. The van der Waals surface area contributed by atoms with Crippen molar-refractivity contribution in [3.8, 4) is 11.3 Å². The summed E-state index contributed by atoms with van der Waals surface area (Å²) >= 11 is 2.73. The van der Waals surface area contributed by atoms with Gasteiger partial charge in [0.05, 0.1) is 23.3 Å². The smallest absolute Gasteiger partial charge is 0.337 e. The fourth-order valence-electron chi connectivity index (χ4n) is 2.78. The molecule has 0 N–H and O–H groups in total. The highest BCUT2D eigenvalue weighted by Crippen LogP contribution is 2.34. The maximum absolute atomic E-state index is 12.6. The predicted molar refractivity (Wildman–Crippen MR) is 121 cm³/mol. The number of likely N-dealkylation sites (N-methyl/N-ethyl adjacent to an activating group) is 1. The molecule has 6 nitrogen and oxygen atoms in total. The van der Waals surface area contributed by atoms with E-state index in [1.165, 1.54) is 35.1 Å². The molecule has 0 radical (unpaired) electrons. The van der Waals surface area contributed by atoms with Gasteiger partial charge in [0.1, 0.15) is 0 Å². The molecule has 1 fully saturated rings. The number of hydrogen-bond acceptors (Lipinski definition) is 7. The number of aromatic nitrogens is 1. The average molecular weight is 436 g/mol. The summed E-state index contributed by atoms with van der Waals surface area (Å²) in [6, 6.07) is 16.8. The first-order chi connectivity index (χ1) is 14.5. The van der Waals surface area contributed by atoms with E-state index in [0.717, 1.165) is 16.8 Å². The molecule has 2 aromatic carbocycles. The third kappa shape index (κ3) is 4.19. The van der Waals surface area contributed by atoms with Crippen LogP contribution >= 0.6 is 23.1 Å². The zero-order valence-electron chi connectivity index (χ0n) is 16.2. The van der Waals surface area contributed by atoms with E-state index in [4.69, 9.17) is 4.74 Å². The first-order valence-electron chi connectivity index (χ1n) is 9.01. The van der Waals surface area contributed by atoms with Gasteiger partial charge in [-0.25, -0.2) is 9.78 Å². The molecule has 0 saturated carbocycles. The van der Waals surface area contributed by atoms with Crippen LogP contribution in [0, 0.1) is 0 Å². The van der Waals surface area contributed by atoms with E-state index in [0.29, 0.717) is 20.8 Å². The maximum atomic E-state index is 12.6. The topological polar surface area (TPSA) is 71.9 Å². The summed E-state index contributed by atoms with van der Waals surface area (Å²) in [4.78, 5) is 35.4. The first kappa shape index (κ1) is 20.1. The molecule has 0 bridgehead atoms. The summed E-state index contributed by atoms with van der Waals surface area (Å²) < 4.78 is 4.70. The third-order valence-electron chi connectivity index (χ3n) is 4.39. The van der Waals surface area contributed by atoms with Crippen LogP contribution < -0.4 is 0 Å².